The van der Waals surface area contributed by atoms with E-state index in [-0.39, 0.29) is 27.4 Å². The predicted molar refractivity (Wildman–Crippen MR) is 166 cm³/mol. The molecule has 0 aliphatic carbocycles. The topological polar surface area (TPSA) is 133 Å². The summed E-state index contributed by atoms with van der Waals surface area (Å²) >= 11 is 0. The molecule has 44 heavy (non-hydrogen) atoms. The van der Waals surface area contributed by atoms with Crippen LogP contribution in [0.4, 0.5) is 11.4 Å². The number of fused-ring (bicyclic) bond motifs is 2. The average molecular weight is 589 g/mol. The van der Waals surface area contributed by atoms with Crippen LogP contribution in [0.5, 0.6) is 0 Å². The van der Waals surface area contributed by atoms with E-state index in [9.17, 15) is 29.4 Å². The van der Waals surface area contributed by atoms with Gasteiger partial charge in [-0.1, -0.05) is 18.2 Å². The summed E-state index contributed by atoms with van der Waals surface area (Å²) in [5, 5.41) is 24.5. The Balaban J connectivity index is 1.48. The van der Waals surface area contributed by atoms with Crippen molar-refractivity contribution < 1.29 is 24.6 Å². The van der Waals surface area contributed by atoms with E-state index in [0.717, 1.165) is 30.1 Å². The zero-order chi connectivity index (χ0) is 31.1. The molecular formula is C34H28N4O6. The molecule has 0 fully saturated rings. The SMILES string of the molecule is CCN1CCc2cc(/C=C/C=c3/c(C)c4c(n(-c5ccc(C(=O)O)cc5)c3=O)=NN(c3ccc(C(=O)O)cc3)C4=O)ccc21. The molecule has 3 heterocycles. The van der Waals surface area contributed by atoms with Gasteiger partial charge in [-0.15, -0.1) is 5.10 Å². The van der Waals surface area contributed by atoms with E-state index in [0.29, 0.717) is 16.9 Å². The fourth-order valence-corrected chi connectivity index (χ4v) is 5.67. The van der Waals surface area contributed by atoms with E-state index in [1.165, 1.54) is 64.3 Å². The van der Waals surface area contributed by atoms with Crippen LogP contribution >= 0.6 is 0 Å². The number of rotatable bonds is 7. The first-order chi connectivity index (χ1) is 21.2. The minimum Gasteiger partial charge on any atom is -0.478 e. The van der Waals surface area contributed by atoms with Crippen molar-refractivity contribution in [2.24, 2.45) is 5.10 Å². The number of amides is 1. The molecule has 3 aromatic carbocycles. The van der Waals surface area contributed by atoms with Gasteiger partial charge in [0.15, 0.2) is 5.49 Å². The molecule has 0 spiro atoms. The number of pyridine rings is 1. The van der Waals surface area contributed by atoms with Gasteiger partial charge in [-0.3, -0.25) is 14.2 Å². The number of aromatic nitrogens is 1. The third-order valence-electron chi connectivity index (χ3n) is 8.01. The molecule has 0 saturated carbocycles. The van der Waals surface area contributed by atoms with E-state index in [4.69, 9.17) is 0 Å². The lowest BCUT2D eigenvalue weighted by molar-refractivity contribution is 0.0686. The average Bonchev–Trinajstić information content (AvgIpc) is 3.59. The van der Waals surface area contributed by atoms with Crippen LogP contribution in [-0.2, 0) is 6.42 Å². The Labute approximate surface area is 251 Å². The summed E-state index contributed by atoms with van der Waals surface area (Å²) in [5.41, 5.74) is 4.61. The van der Waals surface area contributed by atoms with Gasteiger partial charge in [0.2, 0.25) is 0 Å². The first kappa shape index (κ1) is 28.4. The molecular weight excluding hydrogens is 560 g/mol. The van der Waals surface area contributed by atoms with Crippen molar-refractivity contribution in [2.75, 3.05) is 23.0 Å². The van der Waals surface area contributed by atoms with Crippen LogP contribution in [0, 0.1) is 6.92 Å². The second-order valence-electron chi connectivity index (χ2n) is 10.5. The van der Waals surface area contributed by atoms with Crippen LogP contribution in [0.3, 0.4) is 0 Å². The van der Waals surface area contributed by atoms with Crippen molar-refractivity contribution in [2.45, 2.75) is 20.3 Å². The van der Waals surface area contributed by atoms with Gasteiger partial charge in [0.1, 0.15) is 0 Å². The summed E-state index contributed by atoms with van der Waals surface area (Å²) in [5.74, 6) is -2.69. The molecule has 1 amide bonds. The Morgan fingerprint density at radius 3 is 2.16 bits per heavy atom. The van der Waals surface area contributed by atoms with Crippen molar-refractivity contribution >= 4 is 41.4 Å². The molecule has 4 aromatic rings. The summed E-state index contributed by atoms with van der Waals surface area (Å²) in [6.07, 6.45) is 6.34. The third kappa shape index (κ3) is 4.86. The fraction of sp³-hybridized carbons (Fsp3) is 0.147. The Morgan fingerprint density at radius 1 is 0.909 bits per heavy atom. The number of carboxylic acids is 2. The smallest absolute Gasteiger partial charge is 0.335 e. The normalized spacial score (nSPS) is 14.2. The van der Waals surface area contributed by atoms with Gasteiger partial charge in [-0.2, -0.15) is 5.01 Å². The number of benzene rings is 3. The summed E-state index contributed by atoms with van der Waals surface area (Å²) in [7, 11) is 0. The largest absolute Gasteiger partial charge is 0.478 e. The minimum absolute atomic E-state index is 0.0461. The number of aromatic carboxylic acids is 2. The Bertz CT molecular complexity index is 2060. The van der Waals surface area contributed by atoms with Gasteiger partial charge >= 0.3 is 11.9 Å². The minimum atomic E-state index is -1.11. The zero-order valence-corrected chi connectivity index (χ0v) is 24.0. The van der Waals surface area contributed by atoms with E-state index in [1.54, 1.807) is 19.1 Å². The van der Waals surface area contributed by atoms with Crippen molar-refractivity contribution in [3.05, 3.63) is 127 Å². The number of hydrogen-bond donors (Lipinski definition) is 2. The summed E-state index contributed by atoms with van der Waals surface area (Å²) in [6.45, 7) is 5.77. The number of anilines is 2. The van der Waals surface area contributed by atoms with Crippen LogP contribution in [0.25, 0.3) is 17.8 Å². The standard InChI is InChI=1S/C34H28N4O6/c1-3-36-18-17-24-19-21(7-16-28(24)36)5-4-6-27-20(2)29-30(37(31(27)39)25-12-8-22(9-13-25)33(41)42)35-38(32(29)40)26-14-10-23(11-15-26)34(43)44/h4-16,19H,3,17-18H2,1-2H3,(H,41,42)(H,43,44)/b5-4+,27-6-. The van der Waals surface area contributed by atoms with Crippen molar-refractivity contribution in [1.82, 2.24) is 4.57 Å². The van der Waals surface area contributed by atoms with E-state index < -0.39 is 23.4 Å². The van der Waals surface area contributed by atoms with E-state index in [1.807, 2.05) is 12.1 Å². The summed E-state index contributed by atoms with van der Waals surface area (Å²) in [4.78, 5) is 52.9. The molecule has 0 atom stereocenters. The second-order valence-corrected chi connectivity index (χ2v) is 10.5. The number of likely N-dealkylation sites (N-methyl/N-ethyl adjacent to an activating group) is 1. The van der Waals surface area contributed by atoms with Gasteiger partial charge in [0, 0.05) is 24.0 Å². The molecule has 2 aliphatic heterocycles. The van der Waals surface area contributed by atoms with Crippen LogP contribution in [-0.4, -0.2) is 45.7 Å². The zero-order valence-electron chi connectivity index (χ0n) is 24.0. The lowest BCUT2D eigenvalue weighted by Gasteiger charge is -2.16. The first-order valence-electron chi connectivity index (χ1n) is 14.1. The van der Waals surface area contributed by atoms with Crippen LogP contribution in [0.15, 0.2) is 82.7 Å². The quantitative estimate of drug-likeness (QED) is 0.337. The van der Waals surface area contributed by atoms with Gasteiger partial charge in [-0.05, 0) is 104 Å². The van der Waals surface area contributed by atoms with Crippen LogP contribution in [0.1, 0.15) is 54.7 Å². The molecule has 10 nitrogen and oxygen atoms in total. The molecule has 220 valence electrons. The maximum absolute atomic E-state index is 14.0. The van der Waals surface area contributed by atoms with Crippen LogP contribution in [0.2, 0.25) is 0 Å². The highest BCUT2D eigenvalue weighted by molar-refractivity contribution is 6.08. The Kier molecular flexibility index (Phi) is 7.18. The maximum Gasteiger partial charge on any atom is 0.335 e. The number of carbonyl (C=O) groups excluding carboxylic acids is 1. The Morgan fingerprint density at radius 2 is 1.55 bits per heavy atom. The second kappa shape index (κ2) is 11.1. The molecule has 6 rings (SSSR count). The van der Waals surface area contributed by atoms with Crippen molar-refractivity contribution in [3.63, 3.8) is 0 Å². The monoisotopic (exact) mass is 588 g/mol. The van der Waals surface area contributed by atoms with Gasteiger partial charge in [0.25, 0.3) is 11.5 Å². The lowest BCUT2D eigenvalue weighted by atomic mass is 10.1. The lowest BCUT2D eigenvalue weighted by Crippen LogP contribution is -2.45. The molecule has 0 unspecified atom stereocenters. The molecule has 0 radical (unpaired) electrons. The molecule has 0 bridgehead atoms. The maximum atomic E-state index is 14.0. The fourth-order valence-electron chi connectivity index (χ4n) is 5.67. The molecule has 2 N–H and O–H groups in total. The third-order valence-corrected chi connectivity index (χ3v) is 8.01. The highest BCUT2D eigenvalue weighted by atomic mass is 16.4. The van der Waals surface area contributed by atoms with Crippen molar-refractivity contribution in [3.8, 4) is 5.69 Å². The van der Waals surface area contributed by atoms with E-state index >= 15 is 0 Å². The summed E-state index contributed by atoms with van der Waals surface area (Å²) < 4.78 is 1.30. The van der Waals surface area contributed by atoms with Gasteiger partial charge in [0.05, 0.1) is 28.1 Å². The predicted octanol–water partition coefficient (Wildman–Crippen LogP) is 3.61. The summed E-state index contributed by atoms with van der Waals surface area (Å²) in [6, 6.07) is 17.7. The molecule has 2 aliphatic rings. The van der Waals surface area contributed by atoms with Gasteiger partial charge < -0.3 is 15.1 Å². The number of carboxylic acid groups (broad SMARTS) is 2. The van der Waals surface area contributed by atoms with Crippen LogP contribution < -0.4 is 26.2 Å². The highest BCUT2D eigenvalue weighted by Gasteiger charge is 2.31. The molecule has 0 saturated heterocycles. The van der Waals surface area contributed by atoms with Crippen molar-refractivity contribution in [1.29, 1.82) is 0 Å². The Hall–Kier alpha value is -5.77. The number of hydrogen-bond acceptors (Lipinski definition) is 6. The van der Waals surface area contributed by atoms with E-state index in [2.05, 4.69) is 29.1 Å². The highest BCUT2D eigenvalue weighted by Crippen LogP contribution is 2.29. The first-order valence-corrected chi connectivity index (χ1v) is 14.1. The molecule has 10 heteroatoms. The van der Waals surface area contributed by atoms with Gasteiger partial charge in [-0.25, -0.2) is 9.59 Å². The number of nitrogens with zero attached hydrogens (tertiary/aromatic N) is 4. The molecule has 1 aromatic heterocycles. The number of allylic oxidation sites excluding steroid dienone is 1. The number of carbonyl (C=O) groups is 3.